The number of ketones is 1. The largest absolute Gasteiger partial charge is 0.466 e. The maximum absolute atomic E-state index is 11.7. The van der Waals surface area contributed by atoms with E-state index in [1.54, 1.807) is 0 Å². The van der Waals surface area contributed by atoms with Gasteiger partial charge in [-0.2, -0.15) is 0 Å². The molecule has 0 atom stereocenters. The Balaban J connectivity index is 2.02. The fourth-order valence-electron chi connectivity index (χ4n) is 2.25. The number of Topliss-reactive ketones (excluding diaryl/α,β-unsaturated/α-hetero) is 1. The van der Waals surface area contributed by atoms with Gasteiger partial charge in [0.2, 0.25) is 0 Å². The molecule has 1 rings (SSSR count). The van der Waals surface area contributed by atoms with Crippen LogP contribution in [0.3, 0.4) is 0 Å². The SMILES string of the molecule is CCOC(=O)CCCCC(=O)C1CCCC1. The van der Waals surface area contributed by atoms with Crippen molar-refractivity contribution >= 4 is 11.8 Å². The zero-order valence-corrected chi connectivity index (χ0v) is 10.2. The van der Waals surface area contributed by atoms with Crippen molar-refractivity contribution in [2.75, 3.05) is 6.61 Å². The first-order chi connectivity index (χ1) is 7.74. The highest BCUT2D eigenvalue weighted by atomic mass is 16.5. The summed E-state index contributed by atoms with van der Waals surface area (Å²) in [6.07, 6.45) is 7.27. The maximum atomic E-state index is 11.7. The van der Waals surface area contributed by atoms with E-state index in [9.17, 15) is 9.59 Å². The van der Waals surface area contributed by atoms with Crippen LogP contribution in [0.1, 0.15) is 58.3 Å². The predicted octanol–water partition coefficient (Wildman–Crippen LogP) is 2.87. The molecule has 0 aliphatic heterocycles. The fraction of sp³-hybridized carbons (Fsp3) is 0.846. The molecule has 1 aliphatic rings. The van der Waals surface area contributed by atoms with Gasteiger partial charge >= 0.3 is 5.97 Å². The van der Waals surface area contributed by atoms with Gasteiger partial charge in [-0.1, -0.05) is 12.8 Å². The fourth-order valence-corrected chi connectivity index (χ4v) is 2.25. The second kappa shape index (κ2) is 7.42. The summed E-state index contributed by atoms with van der Waals surface area (Å²) in [5, 5.41) is 0. The lowest BCUT2D eigenvalue weighted by atomic mass is 9.98. The highest BCUT2D eigenvalue weighted by molar-refractivity contribution is 5.81. The lowest BCUT2D eigenvalue weighted by Gasteiger charge is -2.07. The number of hydrogen-bond donors (Lipinski definition) is 0. The molecule has 0 unspecified atom stereocenters. The first kappa shape index (κ1) is 13.2. The third-order valence-corrected chi connectivity index (χ3v) is 3.17. The van der Waals surface area contributed by atoms with Crippen LogP contribution in [0.2, 0.25) is 0 Å². The molecule has 0 bridgehead atoms. The van der Waals surface area contributed by atoms with Crippen molar-refractivity contribution in [3.8, 4) is 0 Å². The number of carbonyl (C=O) groups is 2. The molecule has 0 aromatic carbocycles. The summed E-state index contributed by atoms with van der Waals surface area (Å²) < 4.78 is 4.82. The van der Waals surface area contributed by atoms with Crippen molar-refractivity contribution in [2.24, 2.45) is 5.92 Å². The summed E-state index contributed by atoms with van der Waals surface area (Å²) in [6, 6.07) is 0. The average molecular weight is 226 g/mol. The van der Waals surface area contributed by atoms with Gasteiger partial charge in [0, 0.05) is 18.8 Å². The van der Waals surface area contributed by atoms with Crippen molar-refractivity contribution in [3.63, 3.8) is 0 Å². The van der Waals surface area contributed by atoms with E-state index in [1.807, 2.05) is 6.92 Å². The molecule has 92 valence electrons. The quantitative estimate of drug-likeness (QED) is 0.495. The molecule has 0 aromatic heterocycles. The molecule has 1 saturated carbocycles. The van der Waals surface area contributed by atoms with Gasteiger partial charge in [-0.05, 0) is 32.6 Å². The number of unbranched alkanes of at least 4 members (excludes halogenated alkanes) is 1. The summed E-state index contributed by atoms with van der Waals surface area (Å²) in [5.74, 6) is 0.583. The first-order valence-electron chi connectivity index (χ1n) is 6.42. The smallest absolute Gasteiger partial charge is 0.305 e. The lowest BCUT2D eigenvalue weighted by Crippen LogP contribution is -2.10. The van der Waals surface area contributed by atoms with E-state index in [0.29, 0.717) is 31.1 Å². The Morgan fingerprint density at radius 3 is 2.38 bits per heavy atom. The maximum Gasteiger partial charge on any atom is 0.305 e. The van der Waals surface area contributed by atoms with Gasteiger partial charge in [0.05, 0.1) is 6.61 Å². The number of ether oxygens (including phenoxy) is 1. The van der Waals surface area contributed by atoms with Crippen LogP contribution in [0.4, 0.5) is 0 Å². The van der Waals surface area contributed by atoms with Crippen LogP contribution in [0.25, 0.3) is 0 Å². The van der Waals surface area contributed by atoms with Gasteiger partial charge in [0.25, 0.3) is 0 Å². The minimum Gasteiger partial charge on any atom is -0.466 e. The van der Waals surface area contributed by atoms with Crippen molar-refractivity contribution in [1.82, 2.24) is 0 Å². The Kier molecular flexibility index (Phi) is 6.12. The van der Waals surface area contributed by atoms with Gasteiger partial charge in [-0.15, -0.1) is 0 Å². The van der Waals surface area contributed by atoms with Crippen LogP contribution in [0.5, 0.6) is 0 Å². The van der Waals surface area contributed by atoms with Crippen molar-refractivity contribution < 1.29 is 14.3 Å². The highest BCUT2D eigenvalue weighted by Gasteiger charge is 2.21. The topological polar surface area (TPSA) is 43.4 Å². The van der Waals surface area contributed by atoms with E-state index >= 15 is 0 Å². The molecule has 0 radical (unpaired) electrons. The lowest BCUT2D eigenvalue weighted by molar-refractivity contribution is -0.143. The molecule has 0 N–H and O–H groups in total. The van der Waals surface area contributed by atoms with E-state index in [0.717, 1.165) is 25.7 Å². The first-order valence-corrected chi connectivity index (χ1v) is 6.42. The van der Waals surface area contributed by atoms with Crippen molar-refractivity contribution in [3.05, 3.63) is 0 Å². The van der Waals surface area contributed by atoms with E-state index in [-0.39, 0.29) is 5.97 Å². The molecule has 0 saturated heterocycles. The molecule has 3 nitrogen and oxygen atoms in total. The molecule has 16 heavy (non-hydrogen) atoms. The number of carbonyl (C=O) groups excluding carboxylic acids is 2. The Bertz CT molecular complexity index is 229. The Labute approximate surface area is 97.5 Å². The van der Waals surface area contributed by atoms with Crippen LogP contribution in [-0.4, -0.2) is 18.4 Å². The zero-order chi connectivity index (χ0) is 11.8. The second-order valence-corrected chi connectivity index (χ2v) is 4.46. The monoisotopic (exact) mass is 226 g/mol. The predicted molar refractivity (Wildman–Crippen MR) is 62.1 cm³/mol. The summed E-state index contributed by atoms with van der Waals surface area (Å²) in [6.45, 7) is 2.25. The van der Waals surface area contributed by atoms with Crippen LogP contribution >= 0.6 is 0 Å². The van der Waals surface area contributed by atoms with E-state index in [4.69, 9.17) is 4.74 Å². The van der Waals surface area contributed by atoms with Crippen LogP contribution < -0.4 is 0 Å². The van der Waals surface area contributed by atoms with Crippen LogP contribution in [0, 0.1) is 5.92 Å². The third kappa shape index (κ3) is 4.77. The highest BCUT2D eigenvalue weighted by Crippen LogP contribution is 2.26. The molecule has 1 aliphatic carbocycles. The normalized spacial score (nSPS) is 16.3. The standard InChI is InChI=1S/C13H22O3/c1-2-16-13(15)10-6-5-9-12(14)11-7-3-4-8-11/h11H,2-10H2,1H3. The number of rotatable bonds is 7. The van der Waals surface area contributed by atoms with Crippen LogP contribution in [-0.2, 0) is 14.3 Å². The number of esters is 1. The molecule has 0 aromatic rings. The molecular formula is C13H22O3. The molecule has 1 fully saturated rings. The Morgan fingerprint density at radius 2 is 1.75 bits per heavy atom. The average Bonchev–Trinajstić information content (AvgIpc) is 2.78. The molecule has 3 heteroatoms. The minimum atomic E-state index is -0.143. The Hall–Kier alpha value is -0.860. The summed E-state index contributed by atoms with van der Waals surface area (Å²) in [7, 11) is 0. The van der Waals surface area contributed by atoms with Gasteiger partial charge in [0.1, 0.15) is 5.78 Å². The molecule has 0 spiro atoms. The minimum absolute atomic E-state index is 0.143. The third-order valence-electron chi connectivity index (χ3n) is 3.17. The van der Waals surface area contributed by atoms with Crippen molar-refractivity contribution in [2.45, 2.75) is 58.3 Å². The molecular weight excluding hydrogens is 204 g/mol. The van der Waals surface area contributed by atoms with Crippen LogP contribution in [0.15, 0.2) is 0 Å². The van der Waals surface area contributed by atoms with Gasteiger partial charge in [-0.3, -0.25) is 9.59 Å². The number of hydrogen-bond acceptors (Lipinski definition) is 3. The summed E-state index contributed by atoms with van der Waals surface area (Å²) >= 11 is 0. The van der Waals surface area contributed by atoms with Gasteiger partial charge < -0.3 is 4.74 Å². The van der Waals surface area contributed by atoms with E-state index in [2.05, 4.69) is 0 Å². The summed E-state index contributed by atoms with van der Waals surface area (Å²) in [4.78, 5) is 22.7. The summed E-state index contributed by atoms with van der Waals surface area (Å²) in [5.41, 5.74) is 0. The van der Waals surface area contributed by atoms with E-state index in [1.165, 1.54) is 12.8 Å². The van der Waals surface area contributed by atoms with Gasteiger partial charge in [0.15, 0.2) is 0 Å². The second-order valence-electron chi connectivity index (χ2n) is 4.46. The van der Waals surface area contributed by atoms with Crippen molar-refractivity contribution in [1.29, 1.82) is 0 Å². The van der Waals surface area contributed by atoms with E-state index < -0.39 is 0 Å². The molecule has 0 amide bonds. The Morgan fingerprint density at radius 1 is 1.12 bits per heavy atom. The molecule has 0 heterocycles. The van der Waals surface area contributed by atoms with Gasteiger partial charge in [-0.25, -0.2) is 0 Å². The zero-order valence-electron chi connectivity index (χ0n) is 10.2.